The molecule has 2 N–H and O–H groups in total. The van der Waals surface area contributed by atoms with Crippen LogP contribution in [0, 0.1) is 11.8 Å². The molecule has 0 aromatic heterocycles. The third kappa shape index (κ3) is 2.91. The van der Waals surface area contributed by atoms with E-state index < -0.39 is 15.8 Å². The summed E-state index contributed by atoms with van der Waals surface area (Å²) in [7, 11) is -4.18. The van der Waals surface area contributed by atoms with E-state index in [-0.39, 0.29) is 19.0 Å². The molecule has 0 bridgehead atoms. The molecule has 0 aromatic rings. The predicted molar refractivity (Wildman–Crippen MR) is 81.8 cm³/mol. The van der Waals surface area contributed by atoms with Crippen LogP contribution < -0.4 is 5.32 Å². The van der Waals surface area contributed by atoms with Crippen molar-refractivity contribution < 1.29 is 17.8 Å². The van der Waals surface area contributed by atoms with Crippen molar-refractivity contribution in [2.24, 2.45) is 16.8 Å². The lowest BCUT2D eigenvalue weighted by molar-refractivity contribution is -0.125. The fraction of sp³-hybridized carbons (Fsp3) is 0.857. The van der Waals surface area contributed by atoms with E-state index in [0.29, 0.717) is 18.8 Å². The molecule has 3 rings (SSSR count). The zero-order chi connectivity index (χ0) is 16.0. The highest BCUT2D eigenvalue weighted by Crippen LogP contribution is 2.35. The van der Waals surface area contributed by atoms with Crippen LogP contribution in [0.1, 0.15) is 45.4 Å². The Morgan fingerprint density at radius 1 is 1.23 bits per heavy atom. The van der Waals surface area contributed by atoms with Gasteiger partial charge in [-0.2, -0.15) is 12.7 Å². The van der Waals surface area contributed by atoms with Crippen LogP contribution in [-0.4, -0.2) is 47.6 Å². The Labute approximate surface area is 131 Å². The van der Waals surface area contributed by atoms with Crippen molar-refractivity contribution in [3.63, 3.8) is 0 Å². The summed E-state index contributed by atoms with van der Waals surface area (Å²) in [5.74, 6) is 1.73. The number of carbonyl (C=O) groups excluding carboxylic acids is 1. The molecule has 2 aliphatic heterocycles. The van der Waals surface area contributed by atoms with Crippen molar-refractivity contribution in [3.05, 3.63) is 0 Å². The minimum Gasteiger partial charge on any atom is -0.312 e. The number of piperidine rings is 1. The summed E-state index contributed by atoms with van der Waals surface area (Å²) < 4.78 is 32.4. The van der Waals surface area contributed by atoms with Gasteiger partial charge in [-0.3, -0.25) is 14.3 Å². The number of amidine groups is 1. The van der Waals surface area contributed by atoms with Gasteiger partial charge in [0.25, 0.3) is 5.91 Å². The van der Waals surface area contributed by atoms with Gasteiger partial charge in [0.15, 0.2) is 0 Å². The van der Waals surface area contributed by atoms with E-state index in [1.165, 1.54) is 0 Å². The Bertz CT molecular complexity index is 585. The Hall–Kier alpha value is -0.990. The lowest BCUT2D eigenvalue weighted by Gasteiger charge is -2.33. The SMILES string of the molecule is CC1CCC(C2=NC3(CCN(S(=O)(=O)O)CC3)C(=O)N2)CC1. The van der Waals surface area contributed by atoms with Crippen LogP contribution in [0.15, 0.2) is 4.99 Å². The van der Waals surface area contributed by atoms with Crippen LogP contribution in [-0.2, 0) is 15.1 Å². The molecule has 7 nitrogen and oxygen atoms in total. The summed E-state index contributed by atoms with van der Waals surface area (Å²) in [6.45, 7) is 2.51. The molecule has 0 unspecified atom stereocenters. The fourth-order valence-corrected chi connectivity index (χ4v) is 4.34. The molecule has 1 spiro atoms. The molecule has 1 aliphatic carbocycles. The van der Waals surface area contributed by atoms with Crippen LogP contribution in [0.5, 0.6) is 0 Å². The highest BCUT2D eigenvalue weighted by molar-refractivity contribution is 7.83. The third-order valence-electron chi connectivity index (χ3n) is 5.28. The average Bonchev–Trinajstić information content (AvgIpc) is 2.76. The lowest BCUT2D eigenvalue weighted by atomic mass is 9.82. The topological polar surface area (TPSA) is 99.1 Å². The van der Waals surface area contributed by atoms with Gasteiger partial charge in [-0.1, -0.05) is 19.8 Å². The summed E-state index contributed by atoms with van der Waals surface area (Å²) in [6, 6.07) is 0. The summed E-state index contributed by atoms with van der Waals surface area (Å²) in [5, 5.41) is 2.93. The van der Waals surface area contributed by atoms with Gasteiger partial charge in [-0.15, -0.1) is 0 Å². The molecule has 1 amide bonds. The third-order valence-corrected chi connectivity index (χ3v) is 6.29. The van der Waals surface area contributed by atoms with Crippen molar-refractivity contribution in [1.82, 2.24) is 9.62 Å². The maximum Gasteiger partial charge on any atom is 0.335 e. The molecule has 124 valence electrons. The van der Waals surface area contributed by atoms with Crippen LogP contribution in [0.25, 0.3) is 0 Å². The van der Waals surface area contributed by atoms with E-state index in [9.17, 15) is 13.2 Å². The maximum atomic E-state index is 12.4. The molecule has 0 atom stereocenters. The predicted octanol–water partition coefficient (Wildman–Crippen LogP) is 0.978. The highest BCUT2D eigenvalue weighted by atomic mass is 32.2. The Kier molecular flexibility index (Phi) is 4.03. The quantitative estimate of drug-likeness (QED) is 0.738. The minimum atomic E-state index is -4.18. The van der Waals surface area contributed by atoms with Gasteiger partial charge in [0, 0.05) is 19.0 Å². The summed E-state index contributed by atoms with van der Waals surface area (Å²) in [5.41, 5.74) is -0.834. The van der Waals surface area contributed by atoms with Crippen molar-refractivity contribution in [3.8, 4) is 0 Å². The normalized spacial score (nSPS) is 32.8. The number of amides is 1. The monoisotopic (exact) mass is 329 g/mol. The van der Waals surface area contributed by atoms with E-state index in [4.69, 9.17) is 4.55 Å². The van der Waals surface area contributed by atoms with Gasteiger partial charge in [-0.05, 0) is 31.6 Å². The molecule has 2 heterocycles. The van der Waals surface area contributed by atoms with Crippen LogP contribution >= 0.6 is 0 Å². The maximum absolute atomic E-state index is 12.4. The summed E-state index contributed by atoms with van der Waals surface area (Å²) in [4.78, 5) is 17.0. The minimum absolute atomic E-state index is 0.115. The van der Waals surface area contributed by atoms with Crippen molar-refractivity contribution >= 4 is 22.0 Å². The Morgan fingerprint density at radius 3 is 2.36 bits per heavy atom. The van der Waals surface area contributed by atoms with Crippen molar-refractivity contribution in [1.29, 1.82) is 0 Å². The molecule has 8 heteroatoms. The number of aliphatic imine (C=N–C) groups is 1. The number of rotatable bonds is 2. The second kappa shape index (κ2) is 5.58. The Morgan fingerprint density at radius 2 is 1.82 bits per heavy atom. The van der Waals surface area contributed by atoms with Crippen LogP contribution in [0.4, 0.5) is 0 Å². The van der Waals surface area contributed by atoms with E-state index in [1.807, 2.05) is 0 Å². The standard InChI is InChI=1S/C14H23N3O4S/c1-10-2-4-11(5-3-10)12-15-13(18)14(16-12)6-8-17(9-7-14)22(19,20)21/h10-11H,2-9H2,1H3,(H,15,16,18)(H,19,20,21). The molecular weight excluding hydrogens is 306 g/mol. The number of nitrogens with zero attached hydrogens (tertiary/aromatic N) is 2. The number of hydrogen-bond donors (Lipinski definition) is 2. The second-order valence-corrected chi connectivity index (χ2v) is 8.23. The summed E-state index contributed by atoms with van der Waals surface area (Å²) in [6.07, 6.45) is 5.06. The van der Waals surface area contributed by atoms with Gasteiger partial charge >= 0.3 is 10.3 Å². The van der Waals surface area contributed by atoms with E-state index in [0.717, 1.165) is 41.7 Å². The first kappa shape index (κ1) is 15.9. The molecule has 0 radical (unpaired) electrons. The molecule has 2 fully saturated rings. The smallest absolute Gasteiger partial charge is 0.312 e. The van der Waals surface area contributed by atoms with E-state index >= 15 is 0 Å². The Balaban J connectivity index is 1.71. The second-order valence-electron chi connectivity index (χ2n) is 6.82. The zero-order valence-electron chi connectivity index (χ0n) is 12.8. The molecular formula is C14H23N3O4S. The van der Waals surface area contributed by atoms with Gasteiger partial charge in [0.1, 0.15) is 11.4 Å². The van der Waals surface area contributed by atoms with Gasteiger partial charge in [0.2, 0.25) is 0 Å². The first-order valence-corrected chi connectivity index (χ1v) is 9.34. The molecule has 22 heavy (non-hydrogen) atoms. The summed E-state index contributed by atoms with van der Waals surface area (Å²) >= 11 is 0. The van der Waals surface area contributed by atoms with E-state index in [1.54, 1.807) is 0 Å². The van der Waals surface area contributed by atoms with E-state index in [2.05, 4.69) is 17.2 Å². The van der Waals surface area contributed by atoms with Crippen LogP contribution in [0.3, 0.4) is 0 Å². The van der Waals surface area contributed by atoms with Crippen molar-refractivity contribution in [2.75, 3.05) is 13.1 Å². The van der Waals surface area contributed by atoms with Crippen LogP contribution in [0.2, 0.25) is 0 Å². The first-order chi connectivity index (χ1) is 10.3. The first-order valence-electron chi connectivity index (χ1n) is 7.94. The zero-order valence-corrected chi connectivity index (χ0v) is 13.6. The number of hydrogen-bond acceptors (Lipinski definition) is 4. The molecule has 1 saturated carbocycles. The fourth-order valence-electron chi connectivity index (χ4n) is 3.69. The molecule has 0 aromatic carbocycles. The average molecular weight is 329 g/mol. The highest BCUT2D eigenvalue weighted by Gasteiger charge is 2.48. The van der Waals surface area contributed by atoms with Gasteiger partial charge in [-0.25, -0.2) is 0 Å². The number of carbonyl (C=O) groups is 1. The number of nitrogens with one attached hydrogen (secondary N) is 1. The molecule has 1 saturated heterocycles. The largest absolute Gasteiger partial charge is 0.335 e. The van der Waals surface area contributed by atoms with Gasteiger partial charge in [0.05, 0.1) is 0 Å². The molecule has 3 aliphatic rings. The van der Waals surface area contributed by atoms with Gasteiger partial charge < -0.3 is 5.32 Å². The van der Waals surface area contributed by atoms with Crippen molar-refractivity contribution in [2.45, 2.75) is 51.0 Å². The lowest BCUT2D eigenvalue weighted by Crippen LogP contribution is -2.50.